The number of aliphatic hydroxyl groups is 1. The summed E-state index contributed by atoms with van der Waals surface area (Å²) in [6.07, 6.45) is 0.304. The van der Waals surface area contributed by atoms with E-state index in [2.05, 4.69) is 0 Å². The summed E-state index contributed by atoms with van der Waals surface area (Å²) in [6.45, 7) is -0.0864. The molecule has 76 valence electrons. The van der Waals surface area contributed by atoms with E-state index in [0.717, 1.165) is 0 Å². The van der Waals surface area contributed by atoms with Crippen LogP contribution in [0.1, 0.15) is 15.9 Å². The lowest BCUT2D eigenvalue weighted by Crippen LogP contribution is -2.15. The zero-order valence-corrected chi connectivity index (χ0v) is 8.77. The van der Waals surface area contributed by atoms with E-state index in [4.69, 9.17) is 34.0 Å². The molecule has 0 heterocycles. The molecule has 3 N–H and O–H groups in total. The van der Waals surface area contributed by atoms with Gasteiger partial charge in [-0.15, -0.1) is 0 Å². The highest BCUT2D eigenvalue weighted by molar-refractivity contribution is 6.37. The number of primary amides is 1. The van der Waals surface area contributed by atoms with Gasteiger partial charge in [0.25, 0.3) is 0 Å². The number of aliphatic hydroxyl groups excluding tert-OH is 1. The fourth-order valence-corrected chi connectivity index (χ4v) is 1.85. The van der Waals surface area contributed by atoms with Crippen LogP contribution in [-0.2, 0) is 6.42 Å². The van der Waals surface area contributed by atoms with Crippen LogP contribution >= 0.6 is 23.2 Å². The third-order valence-electron chi connectivity index (χ3n) is 1.76. The number of rotatable bonds is 3. The molecule has 0 bridgehead atoms. The van der Waals surface area contributed by atoms with Crippen LogP contribution in [0.25, 0.3) is 0 Å². The predicted molar refractivity (Wildman–Crippen MR) is 55.8 cm³/mol. The van der Waals surface area contributed by atoms with Gasteiger partial charge in [0.1, 0.15) is 0 Å². The molecular formula is C9H9Cl2NO2. The largest absolute Gasteiger partial charge is 0.396 e. The summed E-state index contributed by atoms with van der Waals surface area (Å²) in [5.41, 5.74) is 5.94. The molecule has 0 aliphatic rings. The van der Waals surface area contributed by atoms with Gasteiger partial charge in [-0.2, -0.15) is 0 Å². The van der Waals surface area contributed by atoms with Crippen molar-refractivity contribution in [2.24, 2.45) is 5.73 Å². The topological polar surface area (TPSA) is 63.3 Å². The number of carbonyl (C=O) groups is 1. The molecular weight excluding hydrogens is 225 g/mol. The fraction of sp³-hybridized carbons (Fsp3) is 0.222. The first-order chi connectivity index (χ1) is 6.56. The molecule has 5 heteroatoms. The number of nitrogens with two attached hydrogens (primary N) is 1. The number of hydrogen-bond acceptors (Lipinski definition) is 2. The maximum absolute atomic E-state index is 11.0. The number of amides is 1. The van der Waals surface area contributed by atoms with Gasteiger partial charge >= 0.3 is 0 Å². The lowest BCUT2D eigenvalue weighted by molar-refractivity contribution is 0.0999. The Kier molecular flexibility index (Phi) is 3.75. The minimum atomic E-state index is -0.616. The molecule has 0 unspecified atom stereocenters. The van der Waals surface area contributed by atoms with Crippen molar-refractivity contribution in [1.29, 1.82) is 0 Å². The zero-order chi connectivity index (χ0) is 10.7. The first-order valence-corrected chi connectivity index (χ1v) is 4.70. The van der Waals surface area contributed by atoms with Crippen LogP contribution in [0.5, 0.6) is 0 Å². The molecule has 0 aromatic heterocycles. The average molecular weight is 234 g/mol. The van der Waals surface area contributed by atoms with E-state index in [0.29, 0.717) is 17.0 Å². The standard InChI is InChI=1S/C9H9Cl2NO2/c10-6-3-5(1-2-13)8(9(12)14)7(11)4-6/h3-4,13H,1-2H2,(H2,12,14). The van der Waals surface area contributed by atoms with Gasteiger partial charge in [-0.05, 0) is 24.1 Å². The smallest absolute Gasteiger partial charge is 0.250 e. The van der Waals surface area contributed by atoms with Crippen molar-refractivity contribution in [3.63, 3.8) is 0 Å². The second-order valence-electron chi connectivity index (χ2n) is 2.76. The van der Waals surface area contributed by atoms with Gasteiger partial charge < -0.3 is 10.8 Å². The van der Waals surface area contributed by atoms with Crippen molar-refractivity contribution in [2.75, 3.05) is 6.61 Å². The summed E-state index contributed by atoms with van der Waals surface area (Å²) in [5, 5.41) is 9.41. The van der Waals surface area contributed by atoms with Gasteiger partial charge in [0.05, 0.1) is 10.6 Å². The second kappa shape index (κ2) is 4.64. The molecule has 0 spiro atoms. The van der Waals surface area contributed by atoms with Gasteiger partial charge in [-0.1, -0.05) is 23.2 Å². The van der Waals surface area contributed by atoms with Gasteiger partial charge in [-0.3, -0.25) is 4.79 Å². The Morgan fingerprint density at radius 3 is 2.57 bits per heavy atom. The monoisotopic (exact) mass is 233 g/mol. The molecule has 1 amide bonds. The molecule has 1 aromatic carbocycles. The van der Waals surface area contributed by atoms with Crippen LogP contribution in [0.15, 0.2) is 12.1 Å². The minimum absolute atomic E-state index is 0.0864. The Morgan fingerprint density at radius 1 is 1.43 bits per heavy atom. The highest BCUT2D eigenvalue weighted by atomic mass is 35.5. The van der Waals surface area contributed by atoms with Crippen LogP contribution in [-0.4, -0.2) is 17.6 Å². The molecule has 3 nitrogen and oxygen atoms in total. The molecule has 0 saturated carbocycles. The molecule has 0 fully saturated rings. The average Bonchev–Trinajstić information content (AvgIpc) is 2.01. The van der Waals surface area contributed by atoms with E-state index < -0.39 is 5.91 Å². The first kappa shape index (κ1) is 11.3. The van der Waals surface area contributed by atoms with Gasteiger partial charge in [0, 0.05) is 11.6 Å². The Bertz CT molecular complexity index is 366. The summed E-state index contributed by atoms with van der Waals surface area (Å²) >= 11 is 11.5. The molecule has 14 heavy (non-hydrogen) atoms. The van der Waals surface area contributed by atoms with E-state index in [1.165, 1.54) is 6.07 Å². The number of hydrogen-bond donors (Lipinski definition) is 2. The van der Waals surface area contributed by atoms with Crippen LogP contribution < -0.4 is 5.73 Å². The SMILES string of the molecule is NC(=O)c1c(Cl)cc(Cl)cc1CCO. The third-order valence-corrected chi connectivity index (χ3v) is 2.28. The minimum Gasteiger partial charge on any atom is -0.396 e. The molecule has 0 aliphatic carbocycles. The van der Waals surface area contributed by atoms with E-state index in [1.54, 1.807) is 6.07 Å². The lowest BCUT2D eigenvalue weighted by atomic mass is 10.0. The van der Waals surface area contributed by atoms with Gasteiger partial charge in [0.2, 0.25) is 5.91 Å². The van der Waals surface area contributed by atoms with E-state index in [9.17, 15) is 4.79 Å². The summed E-state index contributed by atoms with van der Waals surface area (Å²) in [6, 6.07) is 3.02. The van der Waals surface area contributed by atoms with Crippen LogP contribution in [0.2, 0.25) is 10.0 Å². The Labute approximate surface area is 91.4 Å². The van der Waals surface area contributed by atoms with Crippen molar-refractivity contribution < 1.29 is 9.90 Å². The number of halogens is 2. The van der Waals surface area contributed by atoms with Crippen LogP contribution in [0.4, 0.5) is 0 Å². The Balaban J connectivity index is 3.28. The van der Waals surface area contributed by atoms with Crippen molar-refractivity contribution >= 4 is 29.1 Å². The van der Waals surface area contributed by atoms with Crippen molar-refractivity contribution in [3.05, 3.63) is 33.3 Å². The molecule has 0 saturated heterocycles. The van der Waals surface area contributed by atoms with Gasteiger partial charge in [0.15, 0.2) is 0 Å². The lowest BCUT2D eigenvalue weighted by Gasteiger charge is -2.07. The predicted octanol–water partition coefficient (Wildman–Crippen LogP) is 1.63. The van der Waals surface area contributed by atoms with E-state index in [-0.39, 0.29) is 17.2 Å². The molecule has 0 atom stereocenters. The van der Waals surface area contributed by atoms with Crippen molar-refractivity contribution in [3.8, 4) is 0 Å². The van der Waals surface area contributed by atoms with Crippen LogP contribution in [0, 0.1) is 0 Å². The van der Waals surface area contributed by atoms with Crippen molar-refractivity contribution in [2.45, 2.75) is 6.42 Å². The molecule has 0 radical (unpaired) electrons. The van der Waals surface area contributed by atoms with Crippen molar-refractivity contribution in [1.82, 2.24) is 0 Å². The van der Waals surface area contributed by atoms with Gasteiger partial charge in [-0.25, -0.2) is 0 Å². The second-order valence-corrected chi connectivity index (χ2v) is 3.60. The summed E-state index contributed by atoms with van der Waals surface area (Å²) in [5.74, 6) is -0.616. The maximum atomic E-state index is 11.0. The summed E-state index contributed by atoms with van der Waals surface area (Å²) in [7, 11) is 0. The summed E-state index contributed by atoms with van der Waals surface area (Å²) in [4.78, 5) is 11.0. The molecule has 1 aromatic rings. The third kappa shape index (κ3) is 2.38. The fourth-order valence-electron chi connectivity index (χ4n) is 1.22. The first-order valence-electron chi connectivity index (χ1n) is 3.95. The number of carbonyl (C=O) groups excluding carboxylic acids is 1. The number of benzene rings is 1. The molecule has 1 rings (SSSR count). The Hall–Kier alpha value is -0.770. The van der Waals surface area contributed by atoms with E-state index in [1.807, 2.05) is 0 Å². The van der Waals surface area contributed by atoms with Crippen LogP contribution in [0.3, 0.4) is 0 Å². The maximum Gasteiger partial charge on any atom is 0.250 e. The van der Waals surface area contributed by atoms with E-state index >= 15 is 0 Å². The highest BCUT2D eigenvalue weighted by Crippen LogP contribution is 2.25. The molecule has 0 aliphatic heterocycles. The Morgan fingerprint density at radius 2 is 2.07 bits per heavy atom. The quantitative estimate of drug-likeness (QED) is 0.834. The zero-order valence-electron chi connectivity index (χ0n) is 7.26. The normalized spacial score (nSPS) is 10.2. The summed E-state index contributed by atoms with van der Waals surface area (Å²) < 4.78 is 0. The highest BCUT2D eigenvalue weighted by Gasteiger charge is 2.13.